The summed E-state index contributed by atoms with van der Waals surface area (Å²) in [5, 5.41) is 32.1. The summed E-state index contributed by atoms with van der Waals surface area (Å²) in [5.74, 6) is -1.79. The number of benzene rings is 1. The molecule has 0 aliphatic rings. The Kier molecular flexibility index (Phi) is 3.31. The van der Waals surface area contributed by atoms with E-state index in [4.69, 9.17) is 5.26 Å². The first-order valence-corrected chi connectivity index (χ1v) is 6.55. The topological polar surface area (TPSA) is 132 Å². The highest BCUT2D eigenvalue weighted by Crippen LogP contribution is 2.25. The zero-order valence-electron chi connectivity index (χ0n) is 11.6. The zero-order valence-corrected chi connectivity index (χ0v) is 11.6. The molecular formula is C15H10N4O4. The number of hydrogen-bond acceptors (Lipinski definition) is 5. The van der Waals surface area contributed by atoms with Gasteiger partial charge in [0.2, 0.25) is 0 Å². The Balaban J connectivity index is 2.24. The Labute approximate surface area is 128 Å². The number of pyridine rings is 1. The van der Waals surface area contributed by atoms with E-state index in [-0.39, 0.29) is 23.3 Å². The zero-order chi connectivity index (χ0) is 16.6. The highest BCUT2D eigenvalue weighted by molar-refractivity contribution is 6.02. The second kappa shape index (κ2) is 5.31. The number of carboxylic acids is 1. The summed E-state index contributed by atoms with van der Waals surface area (Å²) in [6, 6.07) is 9.70. The molecule has 0 amide bonds. The second-order valence-corrected chi connectivity index (χ2v) is 4.82. The molecule has 0 saturated carbocycles. The molecule has 114 valence electrons. The molecule has 2 aromatic heterocycles. The van der Waals surface area contributed by atoms with Crippen molar-refractivity contribution in [2.45, 2.75) is 6.54 Å². The third-order valence-electron chi connectivity index (χ3n) is 3.38. The van der Waals surface area contributed by atoms with Crippen molar-refractivity contribution in [3.8, 4) is 11.8 Å². The van der Waals surface area contributed by atoms with Gasteiger partial charge in [-0.05, 0) is 11.6 Å². The van der Waals surface area contributed by atoms with Gasteiger partial charge in [0, 0.05) is 6.07 Å². The number of hydrogen-bond donors (Lipinski definition) is 3. The predicted octanol–water partition coefficient (Wildman–Crippen LogP) is 1.05. The molecule has 23 heavy (non-hydrogen) atoms. The van der Waals surface area contributed by atoms with Crippen molar-refractivity contribution in [1.82, 2.24) is 14.8 Å². The Morgan fingerprint density at radius 1 is 1.39 bits per heavy atom. The summed E-state index contributed by atoms with van der Waals surface area (Å²) < 4.78 is 1.25. The molecule has 8 heteroatoms. The van der Waals surface area contributed by atoms with Gasteiger partial charge in [0.05, 0.1) is 23.6 Å². The third-order valence-corrected chi connectivity index (χ3v) is 3.38. The smallest absolute Gasteiger partial charge is 0.357 e. The Morgan fingerprint density at radius 2 is 2.13 bits per heavy atom. The number of nitrogens with one attached hydrogen (secondary N) is 1. The maximum Gasteiger partial charge on any atom is 0.357 e. The first kappa shape index (κ1) is 14.3. The van der Waals surface area contributed by atoms with Crippen LogP contribution >= 0.6 is 0 Å². The van der Waals surface area contributed by atoms with Gasteiger partial charge in [-0.1, -0.05) is 18.2 Å². The number of aromatic nitrogens is 3. The summed E-state index contributed by atoms with van der Waals surface area (Å²) in [7, 11) is 0. The van der Waals surface area contributed by atoms with Crippen LogP contribution in [0.4, 0.5) is 0 Å². The first-order chi connectivity index (χ1) is 11.0. The lowest BCUT2D eigenvalue weighted by Gasteiger charge is -2.05. The first-order valence-electron chi connectivity index (χ1n) is 6.55. The molecule has 1 aromatic carbocycles. The van der Waals surface area contributed by atoms with Crippen molar-refractivity contribution in [1.29, 1.82) is 5.26 Å². The van der Waals surface area contributed by atoms with E-state index >= 15 is 0 Å². The molecule has 0 unspecified atom stereocenters. The molecule has 3 aromatic rings. The van der Waals surface area contributed by atoms with Crippen molar-refractivity contribution in [3.63, 3.8) is 0 Å². The van der Waals surface area contributed by atoms with Crippen molar-refractivity contribution >= 4 is 17.0 Å². The van der Waals surface area contributed by atoms with E-state index in [0.29, 0.717) is 11.1 Å². The molecule has 3 N–H and O–H groups in total. The van der Waals surface area contributed by atoms with E-state index in [0.717, 1.165) is 6.07 Å². The molecular weight excluding hydrogens is 300 g/mol. The van der Waals surface area contributed by atoms with Crippen LogP contribution in [0, 0.1) is 11.3 Å². The van der Waals surface area contributed by atoms with Gasteiger partial charge < -0.3 is 15.2 Å². The lowest BCUT2D eigenvalue weighted by atomic mass is 10.1. The van der Waals surface area contributed by atoms with Gasteiger partial charge in [-0.25, -0.2) is 9.48 Å². The SMILES string of the molecule is N#Cc1ccccc1Cn1nc(C(=O)O)c2c(O)cc(=O)[nH]c21. The molecule has 0 aliphatic heterocycles. The standard InChI is InChI=1S/C15H10N4O4/c16-6-8-3-1-2-4-9(8)7-19-14-12(13(18-19)15(22)23)10(20)5-11(21)17-14/h1-5H,7H2,(H,22,23)(H2,17,20,21). The van der Waals surface area contributed by atoms with E-state index in [1.54, 1.807) is 24.3 Å². The minimum absolute atomic E-state index is 0.0495. The third kappa shape index (κ3) is 2.40. The second-order valence-electron chi connectivity index (χ2n) is 4.82. The minimum atomic E-state index is -1.33. The minimum Gasteiger partial charge on any atom is -0.507 e. The molecule has 0 fully saturated rings. The lowest BCUT2D eigenvalue weighted by molar-refractivity contribution is 0.0691. The van der Waals surface area contributed by atoms with Crippen molar-refractivity contribution < 1.29 is 15.0 Å². The molecule has 0 aliphatic carbocycles. The molecule has 8 nitrogen and oxygen atoms in total. The highest BCUT2D eigenvalue weighted by Gasteiger charge is 2.21. The van der Waals surface area contributed by atoms with E-state index in [1.165, 1.54) is 4.68 Å². The summed E-state index contributed by atoms with van der Waals surface area (Å²) in [5.41, 5.74) is 0.154. The number of aromatic carboxylic acids is 1. The van der Waals surface area contributed by atoms with E-state index in [9.17, 15) is 19.8 Å². The van der Waals surface area contributed by atoms with Crippen molar-refractivity contribution in [2.75, 3.05) is 0 Å². The number of nitrogens with zero attached hydrogens (tertiary/aromatic N) is 3. The summed E-state index contributed by atoms with van der Waals surface area (Å²) in [6.07, 6.45) is 0. The van der Waals surface area contributed by atoms with Crippen LogP contribution in [0.25, 0.3) is 11.0 Å². The van der Waals surface area contributed by atoms with Crippen LogP contribution in [0.15, 0.2) is 35.1 Å². The predicted molar refractivity (Wildman–Crippen MR) is 79.2 cm³/mol. The van der Waals surface area contributed by atoms with Crippen LogP contribution in [0.3, 0.4) is 0 Å². The average molecular weight is 310 g/mol. The quantitative estimate of drug-likeness (QED) is 0.662. The number of fused-ring (bicyclic) bond motifs is 1. The van der Waals surface area contributed by atoms with Crippen LogP contribution < -0.4 is 5.56 Å². The Morgan fingerprint density at radius 3 is 2.83 bits per heavy atom. The number of rotatable bonds is 3. The summed E-state index contributed by atoms with van der Waals surface area (Å²) in [4.78, 5) is 25.3. The monoisotopic (exact) mass is 310 g/mol. The molecule has 2 heterocycles. The fourth-order valence-electron chi connectivity index (χ4n) is 2.37. The summed E-state index contributed by atoms with van der Waals surface area (Å²) in [6.45, 7) is 0.0763. The number of H-pyrrole nitrogens is 1. The van der Waals surface area contributed by atoms with Crippen LogP contribution in [0.2, 0.25) is 0 Å². The molecule has 0 saturated heterocycles. The van der Waals surface area contributed by atoms with Gasteiger partial charge in [-0.3, -0.25) is 4.79 Å². The van der Waals surface area contributed by atoms with Crippen LogP contribution in [-0.2, 0) is 6.54 Å². The van der Waals surface area contributed by atoms with E-state index in [2.05, 4.69) is 10.1 Å². The van der Waals surface area contributed by atoms with Crippen LogP contribution in [-0.4, -0.2) is 30.9 Å². The lowest BCUT2D eigenvalue weighted by Crippen LogP contribution is -2.09. The van der Waals surface area contributed by atoms with Crippen LogP contribution in [0.1, 0.15) is 21.6 Å². The molecule has 0 bridgehead atoms. The molecule has 0 radical (unpaired) electrons. The summed E-state index contributed by atoms with van der Waals surface area (Å²) >= 11 is 0. The average Bonchev–Trinajstić information content (AvgIpc) is 2.87. The van der Waals surface area contributed by atoms with Gasteiger partial charge in [-0.2, -0.15) is 10.4 Å². The Hall–Kier alpha value is -3.60. The maximum atomic E-state index is 11.6. The Bertz CT molecular complexity index is 1030. The van der Waals surface area contributed by atoms with E-state index in [1.807, 2.05) is 6.07 Å². The number of carboxylic acid groups (broad SMARTS) is 1. The van der Waals surface area contributed by atoms with Gasteiger partial charge >= 0.3 is 5.97 Å². The number of carbonyl (C=O) groups is 1. The van der Waals surface area contributed by atoms with Gasteiger partial charge in [0.25, 0.3) is 5.56 Å². The molecule has 3 rings (SSSR count). The van der Waals surface area contributed by atoms with Crippen molar-refractivity contribution in [3.05, 3.63) is 57.5 Å². The fourth-order valence-corrected chi connectivity index (χ4v) is 2.37. The molecule has 0 spiro atoms. The van der Waals surface area contributed by atoms with Gasteiger partial charge in [0.1, 0.15) is 11.4 Å². The van der Waals surface area contributed by atoms with E-state index < -0.39 is 17.3 Å². The van der Waals surface area contributed by atoms with Gasteiger partial charge in [0.15, 0.2) is 5.69 Å². The fraction of sp³-hybridized carbons (Fsp3) is 0.0667. The van der Waals surface area contributed by atoms with Crippen LogP contribution in [0.5, 0.6) is 5.75 Å². The normalized spacial score (nSPS) is 10.6. The maximum absolute atomic E-state index is 11.6. The largest absolute Gasteiger partial charge is 0.507 e. The number of nitriles is 1. The number of aromatic hydroxyl groups is 1. The highest BCUT2D eigenvalue weighted by atomic mass is 16.4. The molecule has 0 atom stereocenters. The number of aromatic amines is 1. The van der Waals surface area contributed by atoms with Crippen molar-refractivity contribution in [2.24, 2.45) is 0 Å². The van der Waals surface area contributed by atoms with Gasteiger partial charge in [-0.15, -0.1) is 0 Å².